The molecule has 0 radical (unpaired) electrons. The Morgan fingerprint density at radius 1 is 1.08 bits per heavy atom. The van der Waals surface area contributed by atoms with Crippen molar-refractivity contribution in [2.75, 3.05) is 11.4 Å². The van der Waals surface area contributed by atoms with E-state index in [1.807, 2.05) is 30.0 Å². The van der Waals surface area contributed by atoms with Gasteiger partial charge < -0.3 is 4.90 Å². The summed E-state index contributed by atoms with van der Waals surface area (Å²) in [7, 11) is 0. The van der Waals surface area contributed by atoms with E-state index >= 15 is 0 Å². The molecule has 2 aliphatic heterocycles. The molecule has 2 heterocycles. The van der Waals surface area contributed by atoms with Gasteiger partial charge in [0.15, 0.2) is 0 Å². The zero-order valence-corrected chi connectivity index (χ0v) is 14.6. The molecule has 0 bridgehead atoms. The molecule has 0 N–H and O–H groups in total. The summed E-state index contributed by atoms with van der Waals surface area (Å²) < 4.78 is 0. The molecule has 5 nitrogen and oxygen atoms in total. The number of anilines is 1. The number of para-hydroxylation sites is 1. The lowest BCUT2D eigenvalue weighted by Gasteiger charge is -2.24. The number of carbonyl (C=O) groups is 3. The molecule has 25 heavy (non-hydrogen) atoms. The normalized spacial score (nSPS) is 28.3. The molecule has 5 heteroatoms. The van der Waals surface area contributed by atoms with Crippen molar-refractivity contribution in [2.45, 2.75) is 51.5 Å². The highest BCUT2D eigenvalue weighted by atomic mass is 16.2. The van der Waals surface area contributed by atoms with Gasteiger partial charge in [0, 0.05) is 24.7 Å². The molecule has 0 unspecified atom stereocenters. The van der Waals surface area contributed by atoms with E-state index in [1.165, 1.54) is 10.5 Å². The van der Waals surface area contributed by atoms with E-state index in [4.69, 9.17) is 0 Å². The molecule has 1 aromatic rings. The van der Waals surface area contributed by atoms with Crippen LogP contribution in [-0.2, 0) is 20.8 Å². The molecule has 1 saturated heterocycles. The van der Waals surface area contributed by atoms with Gasteiger partial charge in [-0.25, -0.2) is 0 Å². The van der Waals surface area contributed by atoms with Gasteiger partial charge in [-0.05, 0) is 37.8 Å². The number of likely N-dealkylation sites (tertiary alicyclic amines) is 1. The van der Waals surface area contributed by atoms with E-state index in [-0.39, 0.29) is 48.6 Å². The summed E-state index contributed by atoms with van der Waals surface area (Å²) in [5.41, 5.74) is 2.15. The molecule has 3 amide bonds. The molecule has 1 saturated carbocycles. The molecule has 3 aliphatic rings. The summed E-state index contributed by atoms with van der Waals surface area (Å²) in [6, 6.07) is 8.07. The summed E-state index contributed by atoms with van der Waals surface area (Å²) in [5, 5.41) is 0. The average Bonchev–Trinajstić information content (AvgIpc) is 3.08. The van der Waals surface area contributed by atoms with Crippen LogP contribution < -0.4 is 4.90 Å². The number of carbonyl (C=O) groups excluding carboxylic acids is 3. The van der Waals surface area contributed by atoms with E-state index < -0.39 is 0 Å². The third-order valence-electron chi connectivity index (χ3n) is 5.96. The van der Waals surface area contributed by atoms with Gasteiger partial charge in [0.1, 0.15) is 0 Å². The van der Waals surface area contributed by atoms with Gasteiger partial charge in [-0.3, -0.25) is 19.3 Å². The maximum absolute atomic E-state index is 12.8. The van der Waals surface area contributed by atoms with Crippen LogP contribution in [-0.4, -0.2) is 35.2 Å². The Kier molecular flexibility index (Phi) is 4.10. The van der Waals surface area contributed by atoms with Crippen LogP contribution in [0.3, 0.4) is 0 Å². The molecule has 2 fully saturated rings. The van der Waals surface area contributed by atoms with Gasteiger partial charge in [-0.2, -0.15) is 0 Å². The van der Waals surface area contributed by atoms with Gasteiger partial charge in [0.25, 0.3) is 0 Å². The minimum Gasteiger partial charge on any atom is -0.309 e. The van der Waals surface area contributed by atoms with Gasteiger partial charge in [0.05, 0.1) is 11.8 Å². The summed E-state index contributed by atoms with van der Waals surface area (Å²) in [6.07, 6.45) is 4.74. The van der Waals surface area contributed by atoms with Crippen molar-refractivity contribution < 1.29 is 14.4 Å². The lowest BCUT2D eigenvalue weighted by atomic mass is 9.81. The maximum atomic E-state index is 12.8. The van der Waals surface area contributed by atoms with Gasteiger partial charge in [-0.15, -0.1) is 0 Å². The van der Waals surface area contributed by atoms with Crippen molar-refractivity contribution >= 4 is 23.4 Å². The molecule has 3 atom stereocenters. The number of imide groups is 1. The lowest BCUT2D eigenvalue weighted by molar-refractivity contribution is -0.140. The first-order valence-electron chi connectivity index (χ1n) is 9.33. The Morgan fingerprint density at radius 3 is 2.40 bits per heavy atom. The first-order chi connectivity index (χ1) is 12.1. The quantitative estimate of drug-likeness (QED) is 0.795. The van der Waals surface area contributed by atoms with Crippen molar-refractivity contribution in [3.05, 3.63) is 29.8 Å². The fourth-order valence-electron chi connectivity index (χ4n) is 4.72. The molecule has 1 aromatic carbocycles. The molecule has 0 spiro atoms. The minimum atomic E-state index is -0.136. The third kappa shape index (κ3) is 2.66. The van der Waals surface area contributed by atoms with Crippen LogP contribution in [0.25, 0.3) is 0 Å². The SMILES string of the molecule is C[C@H]1Cc2ccccc2N1C(=O)CCN1C(=O)[C@H]2CCCC[C@@H]2C1=O. The number of rotatable bonds is 3. The fourth-order valence-corrected chi connectivity index (χ4v) is 4.72. The smallest absolute Gasteiger partial charge is 0.233 e. The van der Waals surface area contributed by atoms with Crippen molar-refractivity contribution in [1.29, 1.82) is 0 Å². The maximum Gasteiger partial charge on any atom is 0.233 e. The summed E-state index contributed by atoms with van der Waals surface area (Å²) >= 11 is 0. The highest BCUT2D eigenvalue weighted by Crippen LogP contribution is 2.38. The average molecular weight is 340 g/mol. The molecular weight excluding hydrogens is 316 g/mol. The highest BCUT2D eigenvalue weighted by molar-refractivity contribution is 6.05. The summed E-state index contributed by atoms with van der Waals surface area (Å²) in [5.74, 6) is -0.395. The van der Waals surface area contributed by atoms with E-state index in [0.717, 1.165) is 37.8 Å². The largest absolute Gasteiger partial charge is 0.309 e. The van der Waals surface area contributed by atoms with Gasteiger partial charge in [-0.1, -0.05) is 31.0 Å². The topological polar surface area (TPSA) is 57.7 Å². The highest BCUT2D eigenvalue weighted by Gasteiger charge is 2.48. The molecule has 0 aromatic heterocycles. The number of nitrogens with zero attached hydrogens (tertiary/aromatic N) is 2. The molecule has 4 rings (SSSR count). The second-order valence-electron chi connectivity index (χ2n) is 7.52. The van der Waals surface area contributed by atoms with Crippen molar-refractivity contribution in [2.24, 2.45) is 11.8 Å². The predicted octanol–water partition coefficient (Wildman–Crippen LogP) is 2.53. The lowest BCUT2D eigenvalue weighted by Crippen LogP contribution is -2.39. The van der Waals surface area contributed by atoms with Crippen LogP contribution in [0.1, 0.15) is 44.6 Å². The van der Waals surface area contributed by atoms with Gasteiger partial charge in [0.2, 0.25) is 17.7 Å². The van der Waals surface area contributed by atoms with Crippen LogP contribution in [0, 0.1) is 11.8 Å². The third-order valence-corrected chi connectivity index (χ3v) is 5.96. The van der Waals surface area contributed by atoms with Crippen LogP contribution in [0.4, 0.5) is 5.69 Å². The molecule has 1 aliphatic carbocycles. The van der Waals surface area contributed by atoms with Crippen LogP contribution in [0.15, 0.2) is 24.3 Å². The Hall–Kier alpha value is -2.17. The monoisotopic (exact) mass is 340 g/mol. The van der Waals surface area contributed by atoms with E-state index in [9.17, 15) is 14.4 Å². The first kappa shape index (κ1) is 16.3. The zero-order chi connectivity index (χ0) is 17.6. The zero-order valence-electron chi connectivity index (χ0n) is 14.6. The first-order valence-corrected chi connectivity index (χ1v) is 9.33. The van der Waals surface area contributed by atoms with Crippen molar-refractivity contribution in [3.63, 3.8) is 0 Å². The Bertz CT molecular complexity index is 705. The van der Waals surface area contributed by atoms with Crippen LogP contribution in [0.5, 0.6) is 0 Å². The Labute approximate surface area is 148 Å². The number of hydrogen-bond acceptors (Lipinski definition) is 3. The van der Waals surface area contributed by atoms with Crippen LogP contribution in [0.2, 0.25) is 0 Å². The van der Waals surface area contributed by atoms with Crippen molar-refractivity contribution in [3.8, 4) is 0 Å². The summed E-state index contributed by atoms with van der Waals surface area (Å²) in [6.45, 7) is 2.26. The number of fused-ring (bicyclic) bond motifs is 2. The Morgan fingerprint density at radius 2 is 1.72 bits per heavy atom. The summed E-state index contributed by atoms with van der Waals surface area (Å²) in [4.78, 5) is 41.0. The molecular formula is C20H24N2O3. The number of hydrogen-bond donors (Lipinski definition) is 0. The second kappa shape index (κ2) is 6.28. The van der Waals surface area contributed by atoms with E-state index in [1.54, 1.807) is 0 Å². The second-order valence-corrected chi connectivity index (χ2v) is 7.52. The molecule has 132 valence electrons. The van der Waals surface area contributed by atoms with E-state index in [2.05, 4.69) is 6.07 Å². The van der Waals surface area contributed by atoms with Crippen LogP contribution >= 0.6 is 0 Å². The fraction of sp³-hybridized carbons (Fsp3) is 0.550. The number of amides is 3. The number of benzene rings is 1. The predicted molar refractivity (Wildman–Crippen MR) is 93.9 cm³/mol. The minimum absolute atomic E-state index is 0.00655. The van der Waals surface area contributed by atoms with E-state index in [0.29, 0.717) is 0 Å². The Balaban J connectivity index is 1.44. The van der Waals surface area contributed by atoms with Gasteiger partial charge >= 0.3 is 0 Å². The van der Waals surface area contributed by atoms with Crippen molar-refractivity contribution in [1.82, 2.24) is 4.90 Å². The standard InChI is InChI=1S/C20H24N2O3/c1-13-12-14-6-2-5-9-17(14)22(13)18(23)10-11-21-19(24)15-7-3-4-8-16(15)20(21)25/h2,5-6,9,13,15-16H,3-4,7-8,10-12H2,1H3/t13-,15-,16-/m0/s1.